The first kappa shape index (κ1) is 19.6. The number of nitrogens with one attached hydrogen (secondary N) is 2. The minimum Gasteiger partial charge on any atom is -0.497 e. The molecule has 0 bridgehead atoms. The van der Waals surface area contributed by atoms with Gasteiger partial charge < -0.3 is 19.8 Å². The van der Waals surface area contributed by atoms with Gasteiger partial charge in [-0.25, -0.2) is 4.98 Å². The summed E-state index contributed by atoms with van der Waals surface area (Å²) in [6.45, 7) is 2.10. The van der Waals surface area contributed by atoms with Gasteiger partial charge in [0.2, 0.25) is 0 Å². The molecule has 0 radical (unpaired) electrons. The quantitative estimate of drug-likeness (QED) is 0.497. The van der Waals surface area contributed by atoms with Crippen LogP contribution < -0.4 is 14.8 Å². The van der Waals surface area contributed by atoms with Gasteiger partial charge in [-0.1, -0.05) is 0 Å². The third-order valence-corrected chi connectivity index (χ3v) is 6.04. The van der Waals surface area contributed by atoms with Gasteiger partial charge in [-0.05, 0) is 61.7 Å². The predicted molar refractivity (Wildman–Crippen MR) is 121 cm³/mol. The van der Waals surface area contributed by atoms with E-state index in [4.69, 9.17) is 9.47 Å². The van der Waals surface area contributed by atoms with Gasteiger partial charge in [0.15, 0.2) is 0 Å². The number of fused-ring (bicyclic) bond motifs is 1. The largest absolute Gasteiger partial charge is 0.497 e. The van der Waals surface area contributed by atoms with Gasteiger partial charge in [-0.3, -0.25) is 4.68 Å². The standard InChI is InChI=1S/C24H27N5O2/c1-30-21-8-16(9-22(11-21)31-2)7-18-13-27-24-23(18)10-17(12-26-24)19-14-28-29(15-19)20-3-5-25-6-4-20/h8-15,20,25H,3-7H2,1-2H3,(H,26,27). The van der Waals surface area contributed by atoms with E-state index in [0.29, 0.717) is 6.04 Å². The third-order valence-electron chi connectivity index (χ3n) is 6.04. The van der Waals surface area contributed by atoms with Gasteiger partial charge in [0.05, 0.1) is 26.5 Å². The molecule has 0 unspecified atom stereocenters. The summed E-state index contributed by atoms with van der Waals surface area (Å²) in [6, 6.07) is 8.65. The van der Waals surface area contributed by atoms with Gasteiger partial charge in [-0.15, -0.1) is 0 Å². The summed E-state index contributed by atoms with van der Waals surface area (Å²) in [5, 5.41) is 9.17. The number of H-pyrrole nitrogens is 1. The molecule has 1 aliphatic rings. The summed E-state index contributed by atoms with van der Waals surface area (Å²) in [4.78, 5) is 7.96. The van der Waals surface area contributed by atoms with Crippen molar-refractivity contribution in [2.24, 2.45) is 0 Å². The van der Waals surface area contributed by atoms with Crippen molar-refractivity contribution in [2.45, 2.75) is 25.3 Å². The number of hydrogen-bond donors (Lipinski definition) is 2. The van der Waals surface area contributed by atoms with Gasteiger partial charge in [-0.2, -0.15) is 5.10 Å². The van der Waals surface area contributed by atoms with Crippen molar-refractivity contribution in [3.05, 3.63) is 60.2 Å². The van der Waals surface area contributed by atoms with E-state index in [2.05, 4.69) is 37.3 Å². The van der Waals surface area contributed by atoms with E-state index in [1.807, 2.05) is 36.8 Å². The molecule has 1 fully saturated rings. The van der Waals surface area contributed by atoms with Crippen LogP contribution in [-0.2, 0) is 6.42 Å². The first-order valence-electron chi connectivity index (χ1n) is 10.7. The van der Waals surface area contributed by atoms with Gasteiger partial charge in [0.25, 0.3) is 0 Å². The molecule has 0 amide bonds. The third kappa shape index (κ3) is 4.01. The maximum absolute atomic E-state index is 5.42. The fourth-order valence-corrected chi connectivity index (χ4v) is 4.31. The van der Waals surface area contributed by atoms with Crippen molar-refractivity contribution in [3.63, 3.8) is 0 Å². The van der Waals surface area contributed by atoms with Crippen LogP contribution in [0.1, 0.15) is 30.0 Å². The van der Waals surface area contributed by atoms with Crippen LogP contribution in [0.3, 0.4) is 0 Å². The molecule has 0 aliphatic carbocycles. The molecule has 31 heavy (non-hydrogen) atoms. The van der Waals surface area contributed by atoms with Crippen molar-refractivity contribution in [1.29, 1.82) is 0 Å². The summed E-state index contributed by atoms with van der Waals surface area (Å²) < 4.78 is 13.0. The minimum atomic E-state index is 0.470. The zero-order valence-corrected chi connectivity index (χ0v) is 17.9. The zero-order chi connectivity index (χ0) is 21.2. The lowest BCUT2D eigenvalue weighted by molar-refractivity contribution is 0.343. The van der Waals surface area contributed by atoms with Crippen molar-refractivity contribution < 1.29 is 9.47 Å². The van der Waals surface area contributed by atoms with Crippen molar-refractivity contribution in [1.82, 2.24) is 25.1 Å². The highest BCUT2D eigenvalue weighted by atomic mass is 16.5. The number of nitrogens with zero attached hydrogens (tertiary/aromatic N) is 3. The summed E-state index contributed by atoms with van der Waals surface area (Å²) in [7, 11) is 3.34. The average molecular weight is 418 g/mol. The normalized spacial score (nSPS) is 14.8. The Bertz CT molecular complexity index is 1170. The summed E-state index contributed by atoms with van der Waals surface area (Å²) in [5.41, 5.74) is 5.38. The Morgan fingerprint density at radius 2 is 1.77 bits per heavy atom. The molecule has 1 aromatic carbocycles. The Kier molecular flexibility index (Phi) is 5.34. The second-order valence-electron chi connectivity index (χ2n) is 8.02. The Balaban J connectivity index is 1.44. The molecule has 1 saturated heterocycles. The zero-order valence-electron chi connectivity index (χ0n) is 17.9. The number of benzene rings is 1. The summed E-state index contributed by atoms with van der Waals surface area (Å²) in [6.07, 6.45) is 11.0. The number of pyridine rings is 1. The number of methoxy groups -OCH3 is 2. The van der Waals surface area contributed by atoms with Crippen LogP contribution in [0.4, 0.5) is 0 Å². The van der Waals surface area contributed by atoms with Crippen LogP contribution in [0, 0.1) is 0 Å². The highest BCUT2D eigenvalue weighted by Crippen LogP contribution is 2.29. The molecule has 160 valence electrons. The monoisotopic (exact) mass is 417 g/mol. The van der Waals surface area contributed by atoms with Crippen LogP contribution in [0.25, 0.3) is 22.2 Å². The molecule has 4 heterocycles. The number of rotatable bonds is 6. The molecule has 0 saturated carbocycles. The number of piperidine rings is 1. The Labute approximate surface area is 181 Å². The van der Waals surface area contributed by atoms with Gasteiger partial charge in [0, 0.05) is 41.2 Å². The Morgan fingerprint density at radius 1 is 1.00 bits per heavy atom. The van der Waals surface area contributed by atoms with Crippen LogP contribution in [0.15, 0.2) is 49.1 Å². The van der Waals surface area contributed by atoms with E-state index >= 15 is 0 Å². The number of hydrogen-bond acceptors (Lipinski definition) is 5. The van der Waals surface area contributed by atoms with E-state index in [1.165, 1.54) is 5.56 Å². The molecule has 2 N–H and O–H groups in total. The maximum Gasteiger partial charge on any atom is 0.137 e. The second-order valence-corrected chi connectivity index (χ2v) is 8.02. The molecule has 7 heteroatoms. The molecule has 5 rings (SSSR count). The van der Waals surface area contributed by atoms with Crippen LogP contribution in [0.2, 0.25) is 0 Å². The SMILES string of the molecule is COc1cc(Cc2c[nH]c3ncc(-c4cnn(C5CCNCC5)c4)cc23)cc(OC)c1. The first-order valence-corrected chi connectivity index (χ1v) is 10.7. The molecular weight excluding hydrogens is 390 g/mol. The van der Waals surface area contributed by atoms with E-state index in [-0.39, 0.29) is 0 Å². The molecule has 1 aliphatic heterocycles. The lowest BCUT2D eigenvalue weighted by Crippen LogP contribution is -2.29. The lowest BCUT2D eigenvalue weighted by atomic mass is 10.0. The topological polar surface area (TPSA) is 77.0 Å². The predicted octanol–water partition coefficient (Wildman–Crippen LogP) is 3.96. The average Bonchev–Trinajstić information content (AvgIpc) is 3.47. The van der Waals surface area contributed by atoms with Crippen LogP contribution in [-0.4, -0.2) is 47.1 Å². The van der Waals surface area contributed by atoms with Crippen LogP contribution in [0.5, 0.6) is 11.5 Å². The van der Waals surface area contributed by atoms with Gasteiger partial charge in [0.1, 0.15) is 17.1 Å². The Morgan fingerprint density at radius 3 is 2.52 bits per heavy atom. The fourth-order valence-electron chi connectivity index (χ4n) is 4.31. The van der Waals surface area contributed by atoms with E-state index in [9.17, 15) is 0 Å². The van der Waals surface area contributed by atoms with Crippen molar-refractivity contribution in [2.75, 3.05) is 27.3 Å². The molecule has 0 atom stereocenters. The number of aromatic amines is 1. The molecular formula is C24H27N5O2. The molecule has 7 nitrogen and oxygen atoms in total. The number of aromatic nitrogens is 4. The van der Waals surface area contributed by atoms with E-state index < -0.39 is 0 Å². The number of ether oxygens (including phenoxy) is 2. The highest BCUT2D eigenvalue weighted by Gasteiger charge is 2.17. The highest BCUT2D eigenvalue weighted by molar-refractivity contribution is 5.84. The van der Waals surface area contributed by atoms with Crippen molar-refractivity contribution >= 4 is 11.0 Å². The molecule has 3 aromatic heterocycles. The fraction of sp³-hybridized carbons (Fsp3) is 0.333. The maximum atomic E-state index is 5.42. The Hall–Kier alpha value is -3.32. The summed E-state index contributed by atoms with van der Waals surface area (Å²) in [5.74, 6) is 1.58. The minimum absolute atomic E-state index is 0.470. The molecule has 0 spiro atoms. The van der Waals surface area contributed by atoms with E-state index in [0.717, 1.165) is 71.6 Å². The van der Waals surface area contributed by atoms with Gasteiger partial charge >= 0.3 is 0 Å². The van der Waals surface area contributed by atoms with E-state index in [1.54, 1.807) is 14.2 Å². The second kappa shape index (κ2) is 8.43. The van der Waals surface area contributed by atoms with Crippen molar-refractivity contribution in [3.8, 4) is 22.6 Å². The summed E-state index contributed by atoms with van der Waals surface area (Å²) >= 11 is 0. The molecule has 4 aromatic rings. The smallest absolute Gasteiger partial charge is 0.137 e. The van der Waals surface area contributed by atoms with Crippen LogP contribution >= 0.6 is 0 Å². The lowest BCUT2D eigenvalue weighted by Gasteiger charge is -2.22. The first-order chi connectivity index (χ1) is 15.2.